The first-order chi connectivity index (χ1) is 4.79. The van der Waals surface area contributed by atoms with Gasteiger partial charge in [0.2, 0.25) is 0 Å². The Morgan fingerprint density at radius 1 is 1.00 bits per heavy atom. The lowest BCUT2D eigenvalue weighted by molar-refractivity contribution is -0.0789. The molecule has 0 aromatic carbocycles. The van der Waals surface area contributed by atoms with Gasteiger partial charge in [0.05, 0.1) is 12.2 Å². The summed E-state index contributed by atoms with van der Waals surface area (Å²) in [6, 6.07) is 0. The van der Waals surface area contributed by atoms with Crippen LogP contribution in [-0.2, 0) is 4.74 Å². The molecular weight excluding hydrogens is 124 g/mol. The van der Waals surface area contributed by atoms with Crippen molar-refractivity contribution in [3.05, 3.63) is 0 Å². The van der Waals surface area contributed by atoms with Crippen LogP contribution in [0.4, 0.5) is 0 Å². The first-order valence-corrected chi connectivity index (χ1v) is 4.44. The van der Waals surface area contributed by atoms with Crippen molar-refractivity contribution >= 4 is 0 Å². The highest BCUT2D eigenvalue weighted by atomic mass is 16.5. The topological polar surface area (TPSA) is 9.23 Å². The lowest BCUT2D eigenvalue weighted by atomic mass is 10.0. The zero-order valence-corrected chi connectivity index (χ0v) is 7.42. The van der Waals surface area contributed by atoms with E-state index in [-0.39, 0.29) is 0 Å². The van der Waals surface area contributed by atoms with Gasteiger partial charge in [0, 0.05) is 6.42 Å². The molecule has 2 saturated heterocycles. The lowest BCUT2D eigenvalue weighted by Gasteiger charge is -2.25. The highest BCUT2D eigenvalue weighted by molar-refractivity contribution is 4.96. The average Bonchev–Trinajstić information content (AvgIpc) is 2.24. The fourth-order valence-corrected chi connectivity index (χ4v) is 1.80. The van der Waals surface area contributed by atoms with E-state index in [2.05, 4.69) is 13.8 Å². The molecule has 1 aliphatic carbocycles. The molecule has 3 rings (SSSR count). The normalized spacial score (nSPS) is 49.2. The Kier molecular flexibility index (Phi) is 2.35. The van der Waals surface area contributed by atoms with Crippen LogP contribution in [0.2, 0.25) is 0 Å². The number of rotatable bonds is 0. The zero-order chi connectivity index (χ0) is 7.72. The fourth-order valence-electron chi connectivity index (χ4n) is 1.80. The van der Waals surface area contributed by atoms with Crippen molar-refractivity contribution in [3.63, 3.8) is 0 Å². The van der Waals surface area contributed by atoms with Gasteiger partial charge in [-0.3, -0.25) is 0 Å². The van der Waals surface area contributed by atoms with E-state index in [1.165, 1.54) is 6.42 Å². The Balaban J connectivity index is 0.000000231. The fraction of sp³-hybridized carbons (Fsp3) is 1.00. The Labute approximate surface area is 63.8 Å². The van der Waals surface area contributed by atoms with Crippen LogP contribution >= 0.6 is 0 Å². The van der Waals surface area contributed by atoms with Gasteiger partial charge in [0.1, 0.15) is 0 Å². The van der Waals surface area contributed by atoms with Crippen LogP contribution < -0.4 is 0 Å². The van der Waals surface area contributed by atoms with Gasteiger partial charge in [0.25, 0.3) is 0 Å². The van der Waals surface area contributed by atoms with Crippen LogP contribution in [0.15, 0.2) is 0 Å². The van der Waals surface area contributed by atoms with Gasteiger partial charge < -0.3 is 4.74 Å². The monoisotopic (exact) mass is 142 g/mol. The second kappa shape index (κ2) is 2.91. The Hall–Kier alpha value is -0.0400. The minimum absolute atomic E-state index is 0.634. The summed E-state index contributed by atoms with van der Waals surface area (Å²) in [5.74, 6) is 1.67. The molecule has 4 atom stereocenters. The van der Waals surface area contributed by atoms with Gasteiger partial charge in [-0.2, -0.15) is 0 Å². The molecule has 0 amide bonds. The molecule has 3 aliphatic rings. The first-order valence-electron chi connectivity index (χ1n) is 4.44. The van der Waals surface area contributed by atoms with E-state index in [0.717, 1.165) is 11.8 Å². The highest BCUT2D eigenvalue weighted by Gasteiger charge is 2.48. The molecule has 2 heterocycles. The van der Waals surface area contributed by atoms with Crippen molar-refractivity contribution in [2.24, 2.45) is 11.8 Å². The van der Waals surface area contributed by atoms with Crippen molar-refractivity contribution in [3.8, 4) is 0 Å². The summed E-state index contributed by atoms with van der Waals surface area (Å²) in [4.78, 5) is 0. The maximum atomic E-state index is 5.47. The number of hydrogen-bond acceptors (Lipinski definition) is 1. The molecule has 10 heavy (non-hydrogen) atoms. The molecule has 1 nitrogen and oxygen atoms in total. The summed E-state index contributed by atoms with van der Waals surface area (Å²) in [6.07, 6.45) is 2.60. The minimum Gasteiger partial charge on any atom is -0.374 e. The maximum Gasteiger partial charge on any atom is 0.0632 e. The largest absolute Gasteiger partial charge is 0.374 e. The van der Waals surface area contributed by atoms with Crippen LogP contribution in [0.1, 0.15) is 34.1 Å². The molecule has 3 fully saturated rings. The van der Waals surface area contributed by atoms with Gasteiger partial charge in [0.15, 0.2) is 0 Å². The van der Waals surface area contributed by atoms with Crippen molar-refractivity contribution < 1.29 is 4.74 Å². The van der Waals surface area contributed by atoms with E-state index in [1.54, 1.807) is 0 Å². The third-order valence-electron chi connectivity index (χ3n) is 2.82. The third kappa shape index (κ3) is 0.968. The summed E-state index contributed by atoms with van der Waals surface area (Å²) in [5, 5.41) is 0. The van der Waals surface area contributed by atoms with Gasteiger partial charge >= 0.3 is 0 Å². The molecule has 0 N–H and O–H groups in total. The smallest absolute Gasteiger partial charge is 0.0632 e. The van der Waals surface area contributed by atoms with E-state index < -0.39 is 0 Å². The van der Waals surface area contributed by atoms with E-state index >= 15 is 0 Å². The van der Waals surface area contributed by atoms with Crippen LogP contribution in [0, 0.1) is 11.8 Å². The SMILES string of the molecule is CC.CC1C2CC(O2)C1C. The van der Waals surface area contributed by atoms with E-state index in [9.17, 15) is 0 Å². The molecule has 0 radical (unpaired) electrons. The van der Waals surface area contributed by atoms with Gasteiger partial charge in [-0.05, 0) is 11.8 Å². The summed E-state index contributed by atoms with van der Waals surface area (Å²) >= 11 is 0. The molecule has 0 aromatic rings. The molecule has 4 unspecified atom stereocenters. The third-order valence-corrected chi connectivity index (χ3v) is 2.82. The Morgan fingerprint density at radius 2 is 1.30 bits per heavy atom. The van der Waals surface area contributed by atoms with Gasteiger partial charge in [-0.25, -0.2) is 0 Å². The summed E-state index contributed by atoms with van der Waals surface area (Å²) in [7, 11) is 0. The summed E-state index contributed by atoms with van der Waals surface area (Å²) in [6.45, 7) is 8.59. The molecule has 0 aromatic heterocycles. The zero-order valence-electron chi connectivity index (χ0n) is 7.42. The standard InChI is InChI=1S/C7H12O.C2H6/c1-4-5(2)7-3-6(4)8-7;1-2/h4-7H,3H2,1-2H3;1-2H3. The molecule has 1 heteroatoms. The molecule has 2 bridgehead atoms. The van der Waals surface area contributed by atoms with E-state index in [0.29, 0.717) is 12.2 Å². The Bertz CT molecular complexity index is 93.3. The second-order valence-corrected chi connectivity index (χ2v) is 3.17. The quantitative estimate of drug-likeness (QED) is 0.505. The van der Waals surface area contributed by atoms with Crippen LogP contribution in [0.5, 0.6) is 0 Å². The maximum absolute atomic E-state index is 5.47. The lowest BCUT2D eigenvalue weighted by Crippen LogP contribution is -2.28. The Morgan fingerprint density at radius 3 is 1.40 bits per heavy atom. The molecule has 60 valence electrons. The predicted octanol–water partition coefficient (Wildman–Crippen LogP) is 2.46. The number of fused-ring (bicyclic) bond motifs is 1. The van der Waals surface area contributed by atoms with Crippen LogP contribution in [-0.4, -0.2) is 12.2 Å². The van der Waals surface area contributed by atoms with E-state index in [4.69, 9.17) is 4.74 Å². The molecule has 1 saturated carbocycles. The van der Waals surface area contributed by atoms with Crippen molar-refractivity contribution in [1.82, 2.24) is 0 Å². The molecular formula is C9H18O. The van der Waals surface area contributed by atoms with E-state index in [1.807, 2.05) is 13.8 Å². The second-order valence-electron chi connectivity index (χ2n) is 3.17. The predicted molar refractivity (Wildman–Crippen MR) is 43.0 cm³/mol. The molecule has 2 aliphatic heterocycles. The van der Waals surface area contributed by atoms with Gasteiger partial charge in [-0.1, -0.05) is 27.7 Å². The van der Waals surface area contributed by atoms with Crippen molar-refractivity contribution in [2.75, 3.05) is 0 Å². The van der Waals surface area contributed by atoms with Gasteiger partial charge in [-0.15, -0.1) is 0 Å². The molecule has 0 spiro atoms. The number of ether oxygens (including phenoxy) is 1. The highest BCUT2D eigenvalue weighted by Crippen LogP contribution is 2.45. The minimum atomic E-state index is 0.634. The van der Waals surface area contributed by atoms with Crippen LogP contribution in [0.3, 0.4) is 0 Å². The summed E-state index contributed by atoms with van der Waals surface area (Å²) in [5.41, 5.74) is 0. The summed E-state index contributed by atoms with van der Waals surface area (Å²) < 4.78 is 5.47. The van der Waals surface area contributed by atoms with Crippen molar-refractivity contribution in [1.29, 1.82) is 0 Å². The average molecular weight is 142 g/mol. The number of hydrogen-bond donors (Lipinski definition) is 0. The first kappa shape index (κ1) is 8.06. The van der Waals surface area contributed by atoms with Crippen LogP contribution in [0.25, 0.3) is 0 Å². The van der Waals surface area contributed by atoms with Crippen molar-refractivity contribution in [2.45, 2.75) is 46.3 Å².